The first kappa shape index (κ1) is 21.5. The lowest BCUT2D eigenvalue weighted by Gasteiger charge is -2.18. The molecular formula is C25H21ClN2O4. The van der Waals surface area contributed by atoms with E-state index in [1.54, 1.807) is 67.8 Å². The molecule has 3 aromatic rings. The van der Waals surface area contributed by atoms with E-state index in [0.717, 1.165) is 10.5 Å². The largest absolute Gasteiger partial charge is 0.497 e. The topological polar surface area (TPSA) is 67.9 Å². The Kier molecular flexibility index (Phi) is 5.88. The predicted octanol–water partition coefficient (Wildman–Crippen LogP) is 5.06. The Bertz CT molecular complexity index is 1230. The van der Waals surface area contributed by atoms with Gasteiger partial charge in [-0.25, -0.2) is 4.90 Å². The van der Waals surface area contributed by atoms with E-state index in [2.05, 4.69) is 5.32 Å². The Morgan fingerprint density at radius 1 is 0.844 bits per heavy atom. The zero-order valence-electron chi connectivity index (χ0n) is 17.8. The number of hydrogen-bond acceptors (Lipinski definition) is 5. The van der Waals surface area contributed by atoms with Gasteiger partial charge in [-0.15, -0.1) is 0 Å². The summed E-state index contributed by atoms with van der Waals surface area (Å²) >= 11 is 6.27. The van der Waals surface area contributed by atoms with Gasteiger partial charge in [0.2, 0.25) is 0 Å². The molecule has 1 aliphatic heterocycles. The van der Waals surface area contributed by atoms with Gasteiger partial charge in [-0.2, -0.15) is 0 Å². The summed E-state index contributed by atoms with van der Waals surface area (Å²) in [5.41, 5.74) is 2.78. The fourth-order valence-corrected chi connectivity index (χ4v) is 3.76. The van der Waals surface area contributed by atoms with Crippen LogP contribution in [0.4, 0.5) is 11.4 Å². The van der Waals surface area contributed by atoms with Gasteiger partial charge >= 0.3 is 0 Å². The molecule has 2 amide bonds. The molecule has 32 heavy (non-hydrogen) atoms. The van der Waals surface area contributed by atoms with Crippen molar-refractivity contribution >= 4 is 40.4 Å². The minimum Gasteiger partial charge on any atom is -0.497 e. The number of imide groups is 1. The van der Waals surface area contributed by atoms with Crippen LogP contribution in [0.25, 0.3) is 5.57 Å². The first-order valence-corrected chi connectivity index (χ1v) is 10.3. The van der Waals surface area contributed by atoms with Crippen LogP contribution in [0.1, 0.15) is 11.1 Å². The second-order valence-electron chi connectivity index (χ2n) is 7.13. The molecule has 0 atom stereocenters. The molecule has 6 nitrogen and oxygen atoms in total. The molecule has 162 valence electrons. The van der Waals surface area contributed by atoms with Gasteiger partial charge in [0.15, 0.2) is 0 Å². The van der Waals surface area contributed by atoms with Crippen molar-refractivity contribution in [1.82, 2.24) is 0 Å². The number of nitrogens with one attached hydrogen (secondary N) is 1. The molecule has 0 spiro atoms. The molecule has 0 fully saturated rings. The van der Waals surface area contributed by atoms with Crippen LogP contribution in [0, 0.1) is 6.92 Å². The quantitative estimate of drug-likeness (QED) is 0.534. The third kappa shape index (κ3) is 3.69. The molecule has 7 heteroatoms. The molecule has 0 saturated heterocycles. The van der Waals surface area contributed by atoms with Crippen LogP contribution < -0.4 is 19.7 Å². The number of benzene rings is 3. The molecule has 1 aliphatic rings. The highest BCUT2D eigenvalue weighted by atomic mass is 35.5. The summed E-state index contributed by atoms with van der Waals surface area (Å²) in [5, 5.41) is 3.71. The van der Waals surface area contributed by atoms with Gasteiger partial charge in [0.25, 0.3) is 11.8 Å². The highest BCUT2D eigenvalue weighted by Gasteiger charge is 2.41. The fourth-order valence-electron chi connectivity index (χ4n) is 3.58. The lowest BCUT2D eigenvalue weighted by molar-refractivity contribution is -0.120. The first-order valence-electron chi connectivity index (χ1n) is 9.89. The molecule has 1 N–H and O–H groups in total. The van der Waals surface area contributed by atoms with E-state index < -0.39 is 11.8 Å². The van der Waals surface area contributed by atoms with Crippen molar-refractivity contribution < 1.29 is 19.1 Å². The summed E-state index contributed by atoms with van der Waals surface area (Å²) in [4.78, 5) is 28.3. The molecule has 4 rings (SSSR count). The van der Waals surface area contributed by atoms with E-state index in [1.165, 1.54) is 7.11 Å². The number of ether oxygens (including phenoxy) is 2. The summed E-state index contributed by atoms with van der Waals surface area (Å²) in [6.07, 6.45) is 0. The molecule has 0 aromatic heterocycles. The number of carbonyl (C=O) groups is 2. The second-order valence-corrected chi connectivity index (χ2v) is 7.54. The Morgan fingerprint density at radius 2 is 1.56 bits per heavy atom. The van der Waals surface area contributed by atoms with Gasteiger partial charge in [0, 0.05) is 10.7 Å². The van der Waals surface area contributed by atoms with Crippen LogP contribution in [0.3, 0.4) is 0 Å². The summed E-state index contributed by atoms with van der Waals surface area (Å²) in [5.74, 6) is 0.132. The van der Waals surface area contributed by atoms with Crippen LogP contribution >= 0.6 is 11.6 Å². The first-order chi connectivity index (χ1) is 15.5. The highest BCUT2D eigenvalue weighted by molar-refractivity contribution is 6.46. The van der Waals surface area contributed by atoms with E-state index >= 15 is 0 Å². The zero-order valence-corrected chi connectivity index (χ0v) is 18.6. The highest BCUT2D eigenvalue weighted by Crippen LogP contribution is 2.38. The van der Waals surface area contributed by atoms with Gasteiger partial charge < -0.3 is 14.8 Å². The van der Waals surface area contributed by atoms with Crippen molar-refractivity contribution in [3.05, 3.63) is 88.6 Å². The monoisotopic (exact) mass is 448 g/mol. The summed E-state index contributed by atoms with van der Waals surface area (Å²) in [6.45, 7) is 1.84. The number of amides is 2. The predicted molar refractivity (Wildman–Crippen MR) is 125 cm³/mol. The molecule has 1 heterocycles. The van der Waals surface area contributed by atoms with Crippen molar-refractivity contribution in [1.29, 1.82) is 0 Å². The number of rotatable bonds is 6. The average Bonchev–Trinajstić information content (AvgIpc) is 3.06. The molecular weight excluding hydrogens is 428 g/mol. The van der Waals surface area contributed by atoms with Gasteiger partial charge in [0.05, 0.1) is 25.5 Å². The normalized spacial score (nSPS) is 13.6. The number of para-hydroxylation sites is 2. The Hall–Kier alpha value is -3.77. The minimum absolute atomic E-state index is 0.163. The average molecular weight is 449 g/mol. The van der Waals surface area contributed by atoms with Gasteiger partial charge in [-0.3, -0.25) is 9.59 Å². The molecule has 0 unspecified atom stereocenters. The van der Waals surface area contributed by atoms with Crippen LogP contribution in [0.15, 0.2) is 72.4 Å². The molecule has 3 aromatic carbocycles. The summed E-state index contributed by atoms with van der Waals surface area (Å²) < 4.78 is 10.6. The minimum atomic E-state index is -0.482. The number of nitrogens with zero attached hydrogens (tertiary/aromatic N) is 1. The Morgan fingerprint density at radius 3 is 2.25 bits per heavy atom. The number of hydrogen-bond donors (Lipinski definition) is 1. The number of halogens is 1. The number of anilines is 2. The van der Waals surface area contributed by atoms with E-state index in [-0.39, 0.29) is 11.3 Å². The number of carbonyl (C=O) groups excluding carboxylic acids is 2. The smallest absolute Gasteiger partial charge is 0.282 e. The molecule has 0 radical (unpaired) electrons. The van der Waals surface area contributed by atoms with Crippen LogP contribution in [-0.4, -0.2) is 26.0 Å². The lowest BCUT2D eigenvalue weighted by atomic mass is 10.0. The maximum absolute atomic E-state index is 13.6. The summed E-state index contributed by atoms with van der Waals surface area (Å²) in [6, 6.07) is 19.2. The van der Waals surface area contributed by atoms with Gasteiger partial charge in [0.1, 0.15) is 17.2 Å². The third-order valence-electron chi connectivity index (χ3n) is 5.32. The van der Waals surface area contributed by atoms with Gasteiger partial charge in [-0.1, -0.05) is 41.9 Å². The van der Waals surface area contributed by atoms with Crippen LogP contribution in [-0.2, 0) is 9.59 Å². The second kappa shape index (κ2) is 8.77. The number of methoxy groups -OCH3 is 2. The van der Waals surface area contributed by atoms with E-state index in [9.17, 15) is 9.59 Å². The standard InChI is InChI=1S/C25H21ClN2O4/c1-15-18(26)7-6-8-19(15)27-23-22(16-11-13-17(31-2)14-12-16)24(29)28(25(23)30)20-9-4-5-10-21(20)32-3/h4-14,27H,1-3H3. The fraction of sp³-hybridized carbons (Fsp3) is 0.120. The molecule has 0 bridgehead atoms. The molecule has 0 saturated carbocycles. The Labute approximate surface area is 191 Å². The maximum atomic E-state index is 13.6. The summed E-state index contributed by atoms with van der Waals surface area (Å²) in [7, 11) is 3.06. The van der Waals surface area contributed by atoms with Crippen molar-refractivity contribution in [2.24, 2.45) is 0 Å². The van der Waals surface area contributed by atoms with Gasteiger partial charge in [-0.05, 0) is 54.4 Å². The van der Waals surface area contributed by atoms with Crippen LogP contribution in [0.5, 0.6) is 11.5 Å². The third-order valence-corrected chi connectivity index (χ3v) is 5.73. The maximum Gasteiger partial charge on any atom is 0.282 e. The molecule has 0 aliphatic carbocycles. The Balaban J connectivity index is 1.86. The van der Waals surface area contributed by atoms with Crippen molar-refractivity contribution in [2.45, 2.75) is 6.92 Å². The van der Waals surface area contributed by atoms with Crippen LogP contribution in [0.2, 0.25) is 5.02 Å². The zero-order chi connectivity index (χ0) is 22.8. The van der Waals surface area contributed by atoms with Crippen molar-refractivity contribution in [3.8, 4) is 11.5 Å². The van der Waals surface area contributed by atoms with Crippen molar-refractivity contribution in [2.75, 3.05) is 24.4 Å². The lowest BCUT2D eigenvalue weighted by Crippen LogP contribution is -2.32. The van der Waals surface area contributed by atoms with E-state index in [4.69, 9.17) is 21.1 Å². The SMILES string of the molecule is COc1ccc(C2=C(Nc3cccc(Cl)c3C)C(=O)N(c3ccccc3OC)C2=O)cc1. The van der Waals surface area contributed by atoms with E-state index in [0.29, 0.717) is 33.5 Å². The van der Waals surface area contributed by atoms with Crippen molar-refractivity contribution in [3.63, 3.8) is 0 Å². The van der Waals surface area contributed by atoms with E-state index in [1.807, 2.05) is 13.0 Å².